The van der Waals surface area contributed by atoms with E-state index < -0.39 is 23.7 Å². The Hall–Kier alpha value is -5.34. The number of hydrogen-bond acceptors (Lipinski definition) is 9. The largest absolute Gasteiger partial charge is 0.496 e. The van der Waals surface area contributed by atoms with Gasteiger partial charge in [-0.15, -0.1) is 0 Å². The minimum absolute atomic E-state index is 0.0286. The van der Waals surface area contributed by atoms with Crippen molar-refractivity contribution >= 4 is 68.3 Å². The summed E-state index contributed by atoms with van der Waals surface area (Å²) >= 11 is 0. The van der Waals surface area contributed by atoms with Gasteiger partial charge in [0.15, 0.2) is 5.75 Å². The van der Waals surface area contributed by atoms with Crippen LogP contribution in [-0.2, 0) is 20.0 Å². The highest BCUT2D eigenvalue weighted by Crippen LogP contribution is 2.41. The number of aromatic nitrogens is 1. The van der Waals surface area contributed by atoms with Gasteiger partial charge in [-0.25, -0.2) is 18.2 Å². The number of anilines is 5. The van der Waals surface area contributed by atoms with Crippen LogP contribution in [0.2, 0.25) is 0 Å². The average molecular weight is 736 g/mol. The molecular formula is C35H38N5O9PS. The zero-order chi connectivity index (χ0) is 37.1. The van der Waals surface area contributed by atoms with Crippen molar-refractivity contribution in [2.24, 2.45) is 0 Å². The minimum Gasteiger partial charge on any atom is -0.496 e. The lowest BCUT2D eigenvalue weighted by Crippen LogP contribution is -2.22. The lowest BCUT2D eigenvalue weighted by Gasteiger charge is -2.24. The van der Waals surface area contributed by atoms with E-state index in [-0.39, 0.29) is 33.6 Å². The van der Waals surface area contributed by atoms with Crippen LogP contribution in [0.4, 0.5) is 33.4 Å². The van der Waals surface area contributed by atoms with E-state index in [0.717, 1.165) is 11.8 Å². The van der Waals surface area contributed by atoms with E-state index >= 15 is 0 Å². The zero-order valence-corrected chi connectivity index (χ0v) is 30.3. The molecule has 6 N–H and O–H groups in total. The van der Waals surface area contributed by atoms with Crippen LogP contribution >= 0.6 is 7.60 Å². The highest BCUT2D eigenvalue weighted by atomic mass is 32.2. The van der Waals surface area contributed by atoms with E-state index in [1.165, 1.54) is 32.4 Å². The number of rotatable bonds is 11. The molecule has 0 saturated heterocycles. The van der Waals surface area contributed by atoms with Gasteiger partial charge in [-0.2, -0.15) is 0 Å². The maximum Gasteiger partial charge on any atom is 0.359 e. The Balaban J connectivity index is 1.38. The molecular weight excluding hydrogens is 697 g/mol. The maximum atomic E-state index is 13.4. The zero-order valence-electron chi connectivity index (χ0n) is 28.6. The average Bonchev–Trinajstić information content (AvgIpc) is 3.04. The highest BCUT2D eigenvalue weighted by Gasteiger charge is 2.24. The van der Waals surface area contributed by atoms with Crippen LogP contribution < -0.4 is 40.2 Å². The number of sulfonamides is 1. The number of amides is 2. The van der Waals surface area contributed by atoms with Crippen molar-refractivity contribution in [2.45, 2.75) is 26.2 Å². The first kappa shape index (κ1) is 36.9. The van der Waals surface area contributed by atoms with E-state index in [1.54, 1.807) is 42.6 Å². The number of hydrogen-bond donors (Lipinski definition) is 6. The van der Waals surface area contributed by atoms with Gasteiger partial charge in [-0.05, 0) is 53.4 Å². The maximum absolute atomic E-state index is 13.4. The molecule has 0 atom stereocenters. The van der Waals surface area contributed by atoms with Crippen molar-refractivity contribution in [1.29, 1.82) is 0 Å². The Kier molecular flexibility index (Phi) is 10.5. The van der Waals surface area contributed by atoms with Gasteiger partial charge in [0.05, 0.1) is 37.5 Å². The number of ether oxygens (including phenoxy) is 3. The second kappa shape index (κ2) is 14.5. The van der Waals surface area contributed by atoms with Crippen LogP contribution in [0, 0.1) is 0 Å². The van der Waals surface area contributed by atoms with Crippen LogP contribution in [0.5, 0.6) is 23.0 Å². The molecule has 0 spiro atoms. The number of fused-ring (bicyclic) bond motifs is 1. The summed E-state index contributed by atoms with van der Waals surface area (Å²) in [6.45, 7) is 5.90. The number of carbonyl (C=O) groups excluding carboxylic acids is 1. The smallest absolute Gasteiger partial charge is 0.359 e. The van der Waals surface area contributed by atoms with Crippen molar-refractivity contribution in [3.8, 4) is 23.0 Å². The van der Waals surface area contributed by atoms with Crippen molar-refractivity contribution < 1.29 is 41.8 Å². The van der Waals surface area contributed by atoms with Gasteiger partial charge in [0.2, 0.25) is 10.0 Å². The molecule has 268 valence electrons. The molecule has 0 aliphatic rings. The van der Waals surface area contributed by atoms with Gasteiger partial charge in [-0.1, -0.05) is 45.0 Å². The van der Waals surface area contributed by atoms with Gasteiger partial charge in [-0.3, -0.25) is 9.29 Å². The Labute approximate surface area is 295 Å². The van der Waals surface area contributed by atoms with Crippen LogP contribution in [-0.4, -0.2) is 49.7 Å². The summed E-state index contributed by atoms with van der Waals surface area (Å²) in [4.78, 5) is 36.9. The third-order valence-electron chi connectivity index (χ3n) is 7.56. The van der Waals surface area contributed by atoms with Crippen LogP contribution in [0.3, 0.4) is 0 Å². The Morgan fingerprint density at radius 2 is 1.51 bits per heavy atom. The fourth-order valence-corrected chi connectivity index (χ4v) is 6.47. The van der Waals surface area contributed by atoms with Crippen LogP contribution in [0.25, 0.3) is 10.8 Å². The predicted octanol–water partition coefficient (Wildman–Crippen LogP) is 6.90. The first-order valence-electron chi connectivity index (χ1n) is 15.4. The highest BCUT2D eigenvalue weighted by molar-refractivity contribution is 7.92. The first-order chi connectivity index (χ1) is 23.9. The molecule has 16 heteroatoms. The summed E-state index contributed by atoms with van der Waals surface area (Å²) in [6.07, 6.45) is 2.58. The van der Waals surface area contributed by atoms with Crippen molar-refractivity contribution in [3.63, 3.8) is 0 Å². The van der Waals surface area contributed by atoms with Gasteiger partial charge in [0.1, 0.15) is 28.4 Å². The normalized spacial score (nSPS) is 11.8. The van der Waals surface area contributed by atoms with Crippen molar-refractivity contribution in [3.05, 3.63) is 90.6 Å². The number of carbonyl (C=O) groups is 1. The van der Waals surface area contributed by atoms with Gasteiger partial charge in [0, 0.05) is 34.8 Å². The molecule has 14 nitrogen and oxygen atoms in total. The van der Waals surface area contributed by atoms with E-state index in [9.17, 15) is 27.6 Å². The van der Waals surface area contributed by atoms with E-state index in [2.05, 4.69) is 25.7 Å². The second-order valence-corrected chi connectivity index (χ2v) is 15.8. The molecule has 0 radical (unpaired) electrons. The van der Waals surface area contributed by atoms with Gasteiger partial charge < -0.3 is 39.9 Å². The molecule has 0 unspecified atom stereocenters. The molecule has 0 saturated carbocycles. The number of methoxy groups -OCH3 is 2. The number of nitrogens with one attached hydrogen (secondary N) is 4. The molecule has 2 amide bonds. The Bertz CT molecular complexity index is 2270. The Morgan fingerprint density at radius 1 is 0.824 bits per heavy atom. The molecule has 0 aliphatic heterocycles. The second-order valence-electron chi connectivity index (χ2n) is 12.5. The van der Waals surface area contributed by atoms with Crippen LogP contribution in [0.15, 0.2) is 85.1 Å². The molecule has 1 aromatic heterocycles. The fourth-order valence-electron chi connectivity index (χ4n) is 5.21. The Morgan fingerprint density at radius 3 is 2.16 bits per heavy atom. The molecule has 0 fully saturated rings. The quantitative estimate of drug-likeness (QED) is 0.0772. The summed E-state index contributed by atoms with van der Waals surface area (Å²) in [6, 6.07) is 21.2. The van der Waals surface area contributed by atoms with Gasteiger partial charge in [0.25, 0.3) is 0 Å². The number of nitrogens with zero attached hydrogens (tertiary/aromatic N) is 1. The molecule has 0 bridgehead atoms. The standard InChI is InChI=1S/C35H38N5O9PS/c1-35(2,3)21-17-27(33(48-5)28(18-21)40-51(6,45)46)39-34(41)38-26-12-13-29(25-10-8-7-9-24(25)26)49-23-15-16-36-32(20-23)37-22-11-14-31(50(42,43)44)30(19-22)47-4/h7-20,40H,1-6H3,(H,36,37)(H2,38,39,41)(H2,42,43,44). The van der Waals surface area contributed by atoms with E-state index in [0.29, 0.717) is 39.5 Å². The summed E-state index contributed by atoms with van der Waals surface area (Å²) in [5.41, 5.74) is 1.83. The molecule has 1 heterocycles. The minimum atomic E-state index is -4.53. The van der Waals surface area contributed by atoms with Crippen molar-refractivity contribution in [2.75, 3.05) is 41.1 Å². The molecule has 51 heavy (non-hydrogen) atoms. The molecule has 5 aromatic rings. The molecule has 5 rings (SSSR count). The van der Waals surface area contributed by atoms with Gasteiger partial charge >= 0.3 is 13.6 Å². The lowest BCUT2D eigenvalue weighted by atomic mass is 9.86. The van der Waals surface area contributed by atoms with E-state index in [1.807, 2.05) is 45.0 Å². The van der Waals surface area contributed by atoms with Crippen LogP contribution in [0.1, 0.15) is 26.3 Å². The predicted molar refractivity (Wildman–Crippen MR) is 199 cm³/mol. The number of urea groups is 1. The third kappa shape index (κ3) is 9.07. The summed E-state index contributed by atoms with van der Waals surface area (Å²) < 4.78 is 55.4. The SMILES string of the molecule is COc1cc(Nc2cc(Oc3ccc(NC(=O)Nc4cc(C(C)(C)C)cc(NS(C)(=O)=O)c4OC)c4ccccc34)ccn2)ccc1P(=O)(O)O. The molecule has 0 aliphatic carbocycles. The first-order valence-corrected chi connectivity index (χ1v) is 18.9. The number of pyridine rings is 1. The van der Waals surface area contributed by atoms with E-state index in [4.69, 9.17) is 14.2 Å². The van der Waals surface area contributed by atoms with Crippen molar-refractivity contribution in [1.82, 2.24) is 4.98 Å². The topological polar surface area (TPSA) is 197 Å². The monoisotopic (exact) mass is 735 g/mol. The molecule has 4 aromatic carbocycles. The summed E-state index contributed by atoms with van der Waals surface area (Å²) in [5, 5.41) is 9.93. The lowest BCUT2D eigenvalue weighted by molar-refractivity contribution is 0.262. The summed E-state index contributed by atoms with van der Waals surface area (Å²) in [5.74, 6) is 1.52. The number of benzene rings is 4. The third-order valence-corrected chi connectivity index (χ3v) is 9.15. The summed E-state index contributed by atoms with van der Waals surface area (Å²) in [7, 11) is -5.47. The fraction of sp³-hybridized carbons (Fsp3) is 0.200.